The molecule has 1 unspecified atom stereocenters. The van der Waals surface area contributed by atoms with Gasteiger partial charge in [0, 0.05) is 13.6 Å². The Hall–Kier alpha value is -2.72. The predicted molar refractivity (Wildman–Crippen MR) is 108 cm³/mol. The third kappa shape index (κ3) is 4.72. The van der Waals surface area contributed by atoms with E-state index in [4.69, 9.17) is 0 Å². The number of nitrogens with zero attached hydrogens (tertiary/aromatic N) is 2. The van der Waals surface area contributed by atoms with Crippen LogP contribution in [0.1, 0.15) is 24.1 Å². The molecule has 0 spiro atoms. The number of amides is 1. The van der Waals surface area contributed by atoms with Crippen molar-refractivity contribution in [3.05, 3.63) is 83.7 Å². The van der Waals surface area contributed by atoms with Crippen LogP contribution in [-0.2, 0) is 11.3 Å². The fraction of sp³-hybridized carbons (Fsp3) is 0.261. The first-order chi connectivity index (χ1) is 12.9. The lowest BCUT2D eigenvalue weighted by Gasteiger charge is -2.27. The molecule has 1 amide bonds. The van der Waals surface area contributed by atoms with Gasteiger partial charge < -0.3 is 4.90 Å². The minimum Gasteiger partial charge on any atom is -0.338 e. The lowest BCUT2D eigenvalue weighted by atomic mass is 10.1. The van der Waals surface area contributed by atoms with Crippen LogP contribution >= 0.6 is 0 Å². The summed E-state index contributed by atoms with van der Waals surface area (Å²) in [6.45, 7) is 2.98. The first-order valence-electron chi connectivity index (χ1n) is 9.11. The molecule has 1 atom stereocenters. The zero-order chi connectivity index (χ0) is 19.4. The van der Waals surface area contributed by atoms with E-state index in [0.29, 0.717) is 13.1 Å². The fourth-order valence-electron chi connectivity index (χ4n) is 3.23. The maximum Gasteiger partial charge on any atom is 0.236 e. The van der Waals surface area contributed by atoms with Crippen LogP contribution in [0.4, 0.5) is 4.39 Å². The Balaban J connectivity index is 1.61. The topological polar surface area (TPSA) is 23.6 Å². The molecule has 0 bridgehead atoms. The zero-order valence-electron chi connectivity index (χ0n) is 16.0. The fourth-order valence-corrected chi connectivity index (χ4v) is 3.23. The Kier molecular flexibility index (Phi) is 5.87. The molecule has 0 aliphatic rings. The van der Waals surface area contributed by atoms with Crippen molar-refractivity contribution in [2.45, 2.75) is 19.5 Å². The molecule has 0 N–H and O–H groups in total. The van der Waals surface area contributed by atoms with Gasteiger partial charge in [-0.15, -0.1) is 0 Å². The average Bonchev–Trinajstić information content (AvgIpc) is 2.67. The van der Waals surface area contributed by atoms with Gasteiger partial charge in [-0.25, -0.2) is 4.39 Å². The van der Waals surface area contributed by atoms with E-state index in [2.05, 4.69) is 30.3 Å². The molecule has 4 heteroatoms. The quantitative estimate of drug-likeness (QED) is 0.637. The van der Waals surface area contributed by atoms with E-state index in [1.165, 1.54) is 28.5 Å². The Labute approximate surface area is 160 Å². The van der Waals surface area contributed by atoms with Crippen molar-refractivity contribution in [1.29, 1.82) is 0 Å². The SMILES string of the molecule is CC(c1ccc(F)cc1)N(C)C(=O)CN(C)Cc1ccc2ccccc2c1. The number of carbonyl (C=O) groups excluding carboxylic acids is 1. The largest absolute Gasteiger partial charge is 0.338 e. The lowest BCUT2D eigenvalue weighted by molar-refractivity contribution is -0.132. The second kappa shape index (κ2) is 8.31. The first-order valence-corrected chi connectivity index (χ1v) is 9.11. The maximum absolute atomic E-state index is 13.1. The van der Waals surface area contributed by atoms with Crippen molar-refractivity contribution in [3.63, 3.8) is 0 Å². The van der Waals surface area contributed by atoms with Gasteiger partial charge in [-0.1, -0.05) is 48.5 Å². The molecular weight excluding hydrogens is 339 g/mol. The van der Waals surface area contributed by atoms with Crippen molar-refractivity contribution in [2.24, 2.45) is 0 Å². The summed E-state index contributed by atoms with van der Waals surface area (Å²) >= 11 is 0. The van der Waals surface area contributed by atoms with Gasteiger partial charge >= 0.3 is 0 Å². The van der Waals surface area contributed by atoms with E-state index < -0.39 is 0 Å². The molecule has 3 aromatic rings. The molecule has 0 aromatic heterocycles. The first kappa shape index (κ1) is 19.1. The van der Waals surface area contributed by atoms with Gasteiger partial charge in [0.05, 0.1) is 12.6 Å². The van der Waals surface area contributed by atoms with E-state index in [-0.39, 0.29) is 17.8 Å². The van der Waals surface area contributed by atoms with Gasteiger partial charge in [0.15, 0.2) is 0 Å². The van der Waals surface area contributed by atoms with Crippen molar-refractivity contribution >= 4 is 16.7 Å². The van der Waals surface area contributed by atoms with Gasteiger partial charge in [-0.3, -0.25) is 9.69 Å². The van der Waals surface area contributed by atoms with Crippen LogP contribution in [0.3, 0.4) is 0 Å². The van der Waals surface area contributed by atoms with Gasteiger partial charge in [-0.05, 0) is 54.1 Å². The molecular formula is C23H25FN2O. The van der Waals surface area contributed by atoms with Crippen LogP contribution in [0, 0.1) is 5.82 Å². The molecule has 0 radical (unpaired) electrons. The van der Waals surface area contributed by atoms with Crippen LogP contribution in [0.2, 0.25) is 0 Å². The summed E-state index contributed by atoms with van der Waals surface area (Å²) in [7, 11) is 3.74. The van der Waals surface area contributed by atoms with Crippen LogP contribution < -0.4 is 0 Å². The highest BCUT2D eigenvalue weighted by Gasteiger charge is 2.18. The minimum atomic E-state index is -0.268. The Bertz CT molecular complexity index is 923. The number of hydrogen-bond acceptors (Lipinski definition) is 2. The summed E-state index contributed by atoms with van der Waals surface area (Å²) in [4.78, 5) is 16.4. The summed E-state index contributed by atoms with van der Waals surface area (Å²) in [5.74, 6) is -0.231. The molecule has 0 fully saturated rings. The highest BCUT2D eigenvalue weighted by molar-refractivity contribution is 5.83. The minimum absolute atomic E-state index is 0.0371. The monoisotopic (exact) mass is 364 g/mol. The van der Waals surface area contributed by atoms with E-state index >= 15 is 0 Å². The number of likely N-dealkylation sites (N-methyl/N-ethyl adjacent to an activating group) is 2. The number of rotatable bonds is 6. The summed E-state index contributed by atoms with van der Waals surface area (Å²) in [5.41, 5.74) is 2.10. The van der Waals surface area contributed by atoms with Gasteiger partial charge in [-0.2, -0.15) is 0 Å². The van der Waals surface area contributed by atoms with Crippen molar-refractivity contribution in [1.82, 2.24) is 9.80 Å². The van der Waals surface area contributed by atoms with E-state index in [9.17, 15) is 9.18 Å². The number of halogens is 1. The molecule has 3 aromatic carbocycles. The maximum atomic E-state index is 13.1. The van der Waals surface area contributed by atoms with Crippen molar-refractivity contribution in [2.75, 3.05) is 20.6 Å². The van der Waals surface area contributed by atoms with Gasteiger partial charge in [0.2, 0.25) is 5.91 Å². The smallest absolute Gasteiger partial charge is 0.236 e. The number of carbonyl (C=O) groups is 1. The zero-order valence-corrected chi connectivity index (χ0v) is 16.0. The molecule has 3 rings (SSSR count). The number of fused-ring (bicyclic) bond motifs is 1. The molecule has 0 aliphatic carbocycles. The number of benzene rings is 3. The molecule has 27 heavy (non-hydrogen) atoms. The third-order valence-corrected chi connectivity index (χ3v) is 5.00. The van der Waals surface area contributed by atoms with Crippen molar-refractivity contribution in [3.8, 4) is 0 Å². The third-order valence-electron chi connectivity index (χ3n) is 5.00. The van der Waals surface area contributed by atoms with E-state index in [1.54, 1.807) is 24.1 Å². The van der Waals surface area contributed by atoms with Gasteiger partial charge in [0.1, 0.15) is 5.82 Å². The lowest BCUT2D eigenvalue weighted by Crippen LogP contribution is -2.37. The molecule has 0 saturated carbocycles. The normalized spacial score (nSPS) is 12.3. The second-order valence-corrected chi connectivity index (χ2v) is 7.09. The highest BCUT2D eigenvalue weighted by Crippen LogP contribution is 2.20. The molecule has 0 saturated heterocycles. The Morgan fingerprint density at radius 1 is 0.963 bits per heavy atom. The van der Waals surface area contributed by atoms with Crippen LogP contribution in [0.15, 0.2) is 66.7 Å². The van der Waals surface area contributed by atoms with Crippen LogP contribution in [-0.4, -0.2) is 36.3 Å². The summed E-state index contributed by atoms with van der Waals surface area (Å²) < 4.78 is 13.1. The Morgan fingerprint density at radius 2 is 1.63 bits per heavy atom. The summed E-state index contributed by atoms with van der Waals surface area (Å²) in [6, 6.07) is 20.8. The molecule has 140 valence electrons. The predicted octanol–water partition coefficient (Wildman–Crippen LogP) is 4.63. The molecule has 3 nitrogen and oxygen atoms in total. The van der Waals surface area contributed by atoms with E-state index in [0.717, 1.165) is 5.56 Å². The Morgan fingerprint density at radius 3 is 2.33 bits per heavy atom. The standard InChI is InChI=1S/C23H25FN2O/c1-17(19-10-12-22(24)13-11-19)26(3)23(27)16-25(2)15-18-8-9-20-6-4-5-7-21(20)14-18/h4-14,17H,15-16H2,1-3H3. The van der Waals surface area contributed by atoms with Crippen LogP contribution in [0.5, 0.6) is 0 Å². The molecule has 0 aliphatic heterocycles. The summed E-state index contributed by atoms with van der Waals surface area (Å²) in [6.07, 6.45) is 0. The highest BCUT2D eigenvalue weighted by atomic mass is 19.1. The van der Waals surface area contributed by atoms with E-state index in [1.807, 2.05) is 31.0 Å². The van der Waals surface area contributed by atoms with Crippen LogP contribution in [0.25, 0.3) is 10.8 Å². The summed E-state index contributed by atoms with van der Waals surface area (Å²) in [5, 5.41) is 2.42. The average molecular weight is 364 g/mol. The van der Waals surface area contributed by atoms with Crippen molar-refractivity contribution < 1.29 is 9.18 Å². The molecule has 0 heterocycles. The number of hydrogen-bond donors (Lipinski definition) is 0. The van der Waals surface area contributed by atoms with Gasteiger partial charge in [0.25, 0.3) is 0 Å². The second-order valence-electron chi connectivity index (χ2n) is 7.09.